The van der Waals surface area contributed by atoms with Crippen molar-refractivity contribution in [1.82, 2.24) is 4.57 Å². The second kappa shape index (κ2) is 5.19. The quantitative estimate of drug-likeness (QED) is 0.500. The van der Waals surface area contributed by atoms with E-state index in [2.05, 4.69) is 5.18 Å². The third-order valence-corrected chi connectivity index (χ3v) is 3.04. The minimum atomic E-state index is -0.0595. The van der Waals surface area contributed by atoms with Crippen LogP contribution in [0.1, 0.15) is 12.8 Å². The number of rotatable bonds is 5. The Bertz CT molecular complexity index is 537. The summed E-state index contributed by atoms with van der Waals surface area (Å²) in [4.78, 5) is 10.7. The molecule has 0 spiro atoms. The van der Waals surface area contributed by atoms with Crippen LogP contribution in [0.4, 0.5) is 5.69 Å². The lowest BCUT2D eigenvalue weighted by atomic mass is 10.2. The highest BCUT2D eigenvalue weighted by atomic mass is 35.5. The van der Waals surface area contributed by atoms with Crippen molar-refractivity contribution < 1.29 is 5.11 Å². The highest BCUT2D eigenvalue weighted by Crippen LogP contribution is 2.38. The van der Waals surface area contributed by atoms with E-state index >= 15 is 0 Å². The van der Waals surface area contributed by atoms with Gasteiger partial charge >= 0.3 is 0 Å². The van der Waals surface area contributed by atoms with E-state index in [-0.39, 0.29) is 11.6 Å². The number of aromatic hydroxyl groups is 1. The van der Waals surface area contributed by atoms with Crippen LogP contribution in [0.25, 0.3) is 10.9 Å². The van der Waals surface area contributed by atoms with Crippen LogP contribution in [0.5, 0.6) is 5.88 Å². The first-order valence-corrected chi connectivity index (χ1v) is 6.02. The van der Waals surface area contributed by atoms with Gasteiger partial charge in [-0.05, 0) is 24.1 Å². The molecule has 0 aliphatic rings. The molecule has 0 atom stereocenters. The zero-order valence-corrected chi connectivity index (χ0v) is 10.0. The van der Waals surface area contributed by atoms with Gasteiger partial charge < -0.3 is 9.67 Å². The van der Waals surface area contributed by atoms with Crippen LogP contribution >= 0.6 is 11.6 Å². The number of halogens is 1. The summed E-state index contributed by atoms with van der Waals surface area (Å²) in [5.74, 6) is 0.537. The molecule has 0 unspecified atom stereocenters. The Kier molecular flexibility index (Phi) is 3.64. The fraction of sp³-hybridized carbons (Fsp3) is 0.333. The Balaban J connectivity index is 2.46. The van der Waals surface area contributed by atoms with E-state index in [1.54, 1.807) is 10.6 Å². The van der Waals surface area contributed by atoms with E-state index in [4.69, 9.17) is 11.6 Å². The number of benzene rings is 1. The van der Waals surface area contributed by atoms with Crippen LogP contribution in [0, 0.1) is 4.91 Å². The molecule has 1 aromatic heterocycles. The molecule has 0 saturated heterocycles. The SMILES string of the molecule is O=Nc1c(O)n(CCCCCl)c2ccccc12. The largest absolute Gasteiger partial charge is 0.493 e. The van der Waals surface area contributed by atoms with E-state index in [1.807, 2.05) is 18.2 Å². The summed E-state index contributed by atoms with van der Waals surface area (Å²) >= 11 is 5.62. The summed E-state index contributed by atoms with van der Waals surface area (Å²) in [5, 5.41) is 13.5. The molecule has 0 amide bonds. The Morgan fingerprint density at radius 2 is 2.06 bits per heavy atom. The lowest BCUT2D eigenvalue weighted by molar-refractivity contribution is 0.419. The van der Waals surface area contributed by atoms with Gasteiger partial charge in [-0.1, -0.05) is 18.2 Å². The normalized spacial score (nSPS) is 10.9. The molecule has 0 bridgehead atoms. The topological polar surface area (TPSA) is 54.6 Å². The molecule has 0 aliphatic heterocycles. The first-order valence-electron chi connectivity index (χ1n) is 5.49. The summed E-state index contributed by atoms with van der Waals surface area (Å²) in [6, 6.07) is 7.34. The first-order chi connectivity index (χ1) is 8.29. The summed E-state index contributed by atoms with van der Waals surface area (Å²) in [5.41, 5.74) is 0.945. The molecule has 2 rings (SSSR count). The monoisotopic (exact) mass is 252 g/mol. The Labute approximate surface area is 104 Å². The van der Waals surface area contributed by atoms with Crippen LogP contribution in [0.15, 0.2) is 29.4 Å². The van der Waals surface area contributed by atoms with Gasteiger partial charge in [0, 0.05) is 17.8 Å². The Morgan fingerprint density at radius 1 is 1.29 bits per heavy atom. The summed E-state index contributed by atoms with van der Waals surface area (Å²) < 4.78 is 1.71. The predicted octanol–water partition coefficient (Wildman–Crippen LogP) is 3.76. The number of para-hydroxylation sites is 1. The van der Waals surface area contributed by atoms with Crippen molar-refractivity contribution in [2.75, 3.05) is 5.88 Å². The van der Waals surface area contributed by atoms with Crippen LogP contribution in [0.2, 0.25) is 0 Å². The van der Waals surface area contributed by atoms with E-state index in [1.165, 1.54) is 0 Å². The van der Waals surface area contributed by atoms with Crippen molar-refractivity contribution in [3.8, 4) is 5.88 Å². The molecule has 90 valence electrons. The molecule has 17 heavy (non-hydrogen) atoms. The van der Waals surface area contributed by atoms with E-state index in [0.29, 0.717) is 17.8 Å². The molecule has 1 N–H and O–H groups in total. The fourth-order valence-electron chi connectivity index (χ4n) is 1.95. The van der Waals surface area contributed by atoms with Gasteiger partial charge in [-0.15, -0.1) is 16.5 Å². The van der Waals surface area contributed by atoms with Gasteiger partial charge in [0.15, 0.2) is 5.69 Å². The Morgan fingerprint density at radius 3 is 2.76 bits per heavy atom. The molecule has 5 heteroatoms. The number of nitrogens with zero attached hydrogens (tertiary/aromatic N) is 2. The predicted molar refractivity (Wildman–Crippen MR) is 69.0 cm³/mol. The van der Waals surface area contributed by atoms with Crippen molar-refractivity contribution in [1.29, 1.82) is 0 Å². The van der Waals surface area contributed by atoms with Crippen molar-refractivity contribution in [2.24, 2.45) is 5.18 Å². The number of alkyl halides is 1. The molecule has 4 nitrogen and oxygen atoms in total. The smallest absolute Gasteiger partial charge is 0.222 e. The number of aryl methyl sites for hydroxylation is 1. The zero-order chi connectivity index (χ0) is 12.3. The molecule has 1 heterocycles. The maximum absolute atomic E-state index is 10.7. The third kappa shape index (κ3) is 2.13. The van der Waals surface area contributed by atoms with Crippen molar-refractivity contribution in [3.05, 3.63) is 29.2 Å². The molecular formula is C12H13ClN2O2. The number of unbranched alkanes of at least 4 members (excludes halogenated alkanes) is 1. The van der Waals surface area contributed by atoms with Crippen LogP contribution in [0.3, 0.4) is 0 Å². The minimum absolute atomic E-state index is 0.0595. The van der Waals surface area contributed by atoms with Crippen LogP contribution in [-0.2, 0) is 6.54 Å². The number of nitroso groups, excluding NO2 is 1. The fourth-order valence-corrected chi connectivity index (χ4v) is 2.14. The molecule has 0 radical (unpaired) electrons. The van der Waals surface area contributed by atoms with Gasteiger partial charge in [0.2, 0.25) is 5.88 Å². The lowest BCUT2D eigenvalue weighted by Crippen LogP contribution is -1.97. The van der Waals surface area contributed by atoms with Gasteiger partial charge in [-0.25, -0.2) is 0 Å². The van der Waals surface area contributed by atoms with Gasteiger partial charge in [-0.3, -0.25) is 0 Å². The minimum Gasteiger partial charge on any atom is -0.493 e. The average Bonchev–Trinajstić information content (AvgIpc) is 2.62. The van der Waals surface area contributed by atoms with Gasteiger partial charge in [0.1, 0.15) is 0 Å². The number of hydrogen-bond donors (Lipinski definition) is 1. The number of aromatic nitrogens is 1. The second-order valence-electron chi connectivity index (χ2n) is 3.83. The Hall–Kier alpha value is -1.55. The van der Waals surface area contributed by atoms with Crippen molar-refractivity contribution >= 4 is 28.2 Å². The van der Waals surface area contributed by atoms with Gasteiger partial charge in [-0.2, -0.15) is 0 Å². The van der Waals surface area contributed by atoms with Gasteiger partial charge in [0.05, 0.1) is 5.52 Å². The molecule has 0 fully saturated rings. The van der Waals surface area contributed by atoms with Crippen molar-refractivity contribution in [2.45, 2.75) is 19.4 Å². The van der Waals surface area contributed by atoms with E-state index in [0.717, 1.165) is 18.4 Å². The van der Waals surface area contributed by atoms with Crippen LogP contribution in [-0.4, -0.2) is 15.6 Å². The third-order valence-electron chi connectivity index (χ3n) is 2.77. The van der Waals surface area contributed by atoms with Crippen molar-refractivity contribution in [3.63, 3.8) is 0 Å². The highest BCUT2D eigenvalue weighted by molar-refractivity contribution is 6.17. The standard InChI is InChI=1S/C12H13ClN2O2/c13-7-3-4-8-15-10-6-2-1-5-9(10)11(14-17)12(15)16/h1-2,5-6,16H,3-4,7-8H2. The molecular weight excluding hydrogens is 240 g/mol. The van der Waals surface area contributed by atoms with Crippen LogP contribution < -0.4 is 0 Å². The molecule has 1 aromatic carbocycles. The molecule has 0 saturated carbocycles. The summed E-state index contributed by atoms with van der Waals surface area (Å²) in [7, 11) is 0. The zero-order valence-electron chi connectivity index (χ0n) is 9.27. The van der Waals surface area contributed by atoms with E-state index in [9.17, 15) is 10.0 Å². The molecule has 0 aliphatic carbocycles. The lowest BCUT2D eigenvalue weighted by Gasteiger charge is -2.05. The summed E-state index contributed by atoms with van der Waals surface area (Å²) in [6.45, 7) is 0.634. The maximum Gasteiger partial charge on any atom is 0.222 e. The second-order valence-corrected chi connectivity index (χ2v) is 4.21. The number of hydrogen-bond acceptors (Lipinski definition) is 3. The van der Waals surface area contributed by atoms with E-state index < -0.39 is 0 Å². The highest BCUT2D eigenvalue weighted by Gasteiger charge is 2.16. The maximum atomic E-state index is 10.7. The molecule has 2 aromatic rings. The summed E-state index contributed by atoms with van der Waals surface area (Å²) in [6.07, 6.45) is 1.73. The van der Waals surface area contributed by atoms with Gasteiger partial charge in [0.25, 0.3) is 0 Å². The number of fused-ring (bicyclic) bond motifs is 1. The first kappa shape index (κ1) is 11.9. The average molecular weight is 253 g/mol.